The summed E-state index contributed by atoms with van der Waals surface area (Å²) in [6, 6.07) is 45.0. The van der Waals surface area contributed by atoms with Crippen LogP contribution in [0.3, 0.4) is 0 Å². The van der Waals surface area contributed by atoms with Crippen molar-refractivity contribution < 1.29 is 19.2 Å². The maximum Gasteiger partial charge on any atom is 0.370 e. The number of hydrogen-bond donors (Lipinski definition) is 0. The number of nitro benzene ring substituents is 1. The molecule has 0 radical (unpaired) electrons. The molecule has 1 aliphatic heterocycles. The Morgan fingerprint density at radius 1 is 0.812 bits per heavy atom. The number of esters is 1. The van der Waals surface area contributed by atoms with Gasteiger partial charge in [-0.1, -0.05) is 104 Å². The number of ether oxygens (including phenoxy) is 1. The largest absolute Gasteiger partial charge is 0.456 e. The van der Waals surface area contributed by atoms with Gasteiger partial charge in [0.25, 0.3) is 11.5 Å². The van der Waals surface area contributed by atoms with Crippen molar-refractivity contribution in [2.75, 3.05) is 0 Å². The first-order chi connectivity index (χ1) is 23.3. The molecule has 1 amide bonds. The van der Waals surface area contributed by atoms with Crippen LogP contribution in [-0.2, 0) is 20.9 Å². The third-order valence-corrected chi connectivity index (χ3v) is 14.1. The number of β-lactam (4-membered cyclic amide) rings is 1. The number of hydrogen-bond acceptors (Lipinski definition) is 6. The second-order valence-electron chi connectivity index (χ2n) is 11.7. The smallest absolute Gasteiger partial charge is 0.370 e. The van der Waals surface area contributed by atoms with Gasteiger partial charge in [-0.25, -0.2) is 4.79 Å². The molecule has 0 aliphatic carbocycles. The second-order valence-corrected chi connectivity index (χ2v) is 15.6. The Labute approximate surface area is 285 Å². The zero-order chi connectivity index (χ0) is 33.7. The number of carbonyl (C=O) groups is 2. The monoisotopic (exact) mass is 673 g/mol. The molecular formula is C39H34N2O5PS+. The van der Waals surface area contributed by atoms with Crippen molar-refractivity contribution in [1.82, 2.24) is 4.90 Å². The maximum atomic E-state index is 14.9. The van der Waals surface area contributed by atoms with Gasteiger partial charge in [0.1, 0.15) is 29.8 Å². The van der Waals surface area contributed by atoms with Crippen molar-refractivity contribution in [1.29, 1.82) is 0 Å². The van der Waals surface area contributed by atoms with E-state index in [0.717, 1.165) is 26.3 Å². The van der Waals surface area contributed by atoms with E-state index >= 15 is 0 Å². The van der Waals surface area contributed by atoms with E-state index in [1.54, 1.807) is 17.0 Å². The first kappa shape index (κ1) is 32.9. The van der Waals surface area contributed by atoms with Gasteiger partial charge >= 0.3 is 5.97 Å². The first-order valence-electron chi connectivity index (χ1n) is 15.7. The number of non-ortho nitro benzene ring substituents is 1. The van der Waals surface area contributed by atoms with Crippen LogP contribution in [-0.4, -0.2) is 38.4 Å². The third kappa shape index (κ3) is 6.29. The summed E-state index contributed by atoms with van der Waals surface area (Å²) in [4.78, 5) is 42.1. The minimum absolute atomic E-state index is 0.0532. The van der Waals surface area contributed by atoms with Gasteiger partial charge in [0.15, 0.2) is 0 Å². The molecule has 1 saturated heterocycles. The van der Waals surface area contributed by atoms with E-state index in [2.05, 4.69) is 0 Å². The molecule has 0 N–H and O–H groups in total. The predicted molar refractivity (Wildman–Crippen MR) is 194 cm³/mol. The number of rotatable bonds is 12. The number of nitro groups is 1. The van der Waals surface area contributed by atoms with Crippen LogP contribution in [0.4, 0.5) is 5.69 Å². The summed E-state index contributed by atoms with van der Waals surface area (Å²) in [7, 11) is -3.00. The Kier molecular flexibility index (Phi) is 9.85. The highest BCUT2D eigenvalue weighted by Gasteiger charge is 2.64. The Morgan fingerprint density at radius 3 is 1.71 bits per heavy atom. The van der Waals surface area contributed by atoms with Gasteiger partial charge in [0.2, 0.25) is 5.91 Å². The van der Waals surface area contributed by atoms with Crippen LogP contribution in [0.5, 0.6) is 0 Å². The van der Waals surface area contributed by atoms with Gasteiger partial charge in [0, 0.05) is 29.3 Å². The lowest BCUT2D eigenvalue weighted by molar-refractivity contribution is -0.384. The lowest BCUT2D eigenvalue weighted by Gasteiger charge is -2.49. The zero-order valence-electron chi connectivity index (χ0n) is 26.3. The van der Waals surface area contributed by atoms with Crippen LogP contribution >= 0.6 is 19.5 Å². The van der Waals surface area contributed by atoms with Gasteiger partial charge < -0.3 is 4.74 Å². The van der Waals surface area contributed by atoms with Gasteiger partial charge in [-0.2, -0.15) is 0 Å². The highest BCUT2D eigenvalue weighted by Crippen LogP contribution is 2.62. The van der Waals surface area contributed by atoms with Crippen molar-refractivity contribution in [2.24, 2.45) is 5.92 Å². The van der Waals surface area contributed by atoms with Crippen LogP contribution in [0.25, 0.3) is 0 Å². The number of benzene rings is 5. The molecule has 1 fully saturated rings. The summed E-state index contributed by atoms with van der Waals surface area (Å²) in [6.07, 6.45) is 0.249. The fraction of sp³-hybridized carbons (Fsp3) is 0.154. The number of thiocarbonyl (C=S) groups is 1. The normalized spacial score (nSPS) is 15.6. The quantitative estimate of drug-likeness (QED) is 0.0282. The van der Waals surface area contributed by atoms with Crippen molar-refractivity contribution in [2.45, 2.75) is 31.8 Å². The summed E-state index contributed by atoms with van der Waals surface area (Å²) in [6.45, 7) is 1.91. The molecule has 3 atom stereocenters. The fourth-order valence-corrected chi connectivity index (χ4v) is 11.5. The lowest BCUT2D eigenvalue weighted by atomic mass is 9.85. The van der Waals surface area contributed by atoms with E-state index in [1.807, 2.05) is 128 Å². The molecule has 0 spiro atoms. The summed E-state index contributed by atoms with van der Waals surface area (Å²) < 4.78 is 6.13. The minimum Gasteiger partial charge on any atom is -0.456 e. The van der Waals surface area contributed by atoms with Gasteiger partial charge in [-0.05, 0) is 59.7 Å². The molecule has 6 rings (SSSR count). The molecule has 0 bridgehead atoms. The number of carbonyl (C=O) groups excluding carboxylic acids is 2. The number of likely N-dealkylation sites (tertiary alicyclic amines) is 1. The third-order valence-electron chi connectivity index (χ3n) is 8.94. The molecule has 5 aromatic rings. The molecule has 48 heavy (non-hydrogen) atoms. The van der Waals surface area contributed by atoms with Crippen LogP contribution in [0, 0.1) is 16.0 Å². The summed E-state index contributed by atoms with van der Waals surface area (Å²) in [5.41, 5.74) is 1.45. The van der Waals surface area contributed by atoms with Crippen molar-refractivity contribution in [3.05, 3.63) is 167 Å². The summed E-state index contributed by atoms with van der Waals surface area (Å²) in [5.74, 6) is -1.94. The topological polar surface area (TPSA) is 89.8 Å². The van der Waals surface area contributed by atoms with E-state index in [9.17, 15) is 19.7 Å². The number of amides is 1. The molecular weight excluding hydrogens is 639 g/mol. The Hall–Kier alpha value is -5.04. The van der Waals surface area contributed by atoms with Crippen molar-refractivity contribution in [3.8, 4) is 0 Å². The Balaban J connectivity index is 1.52. The zero-order valence-corrected chi connectivity index (χ0v) is 28.0. The second kappa shape index (κ2) is 14.4. The predicted octanol–water partition coefficient (Wildman–Crippen LogP) is 6.61. The number of nitrogens with zero attached hydrogens (tertiary/aromatic N) is 2. The molecule has 0 aromatic heterocycles. The first-order valence-corrected chi connectivity index (χ1v) is 17.9. The van der Waals surface area contributed by atoms with E-state index < -0.39 is 23.9 Å². The molecule has 9 heteroatoms. The van der Waals surface area contributed by atoms with Crippen LogP contribution in [0.15, 0.2) is 146 Å². The molecule has 240 valence electrons. The van der Waals surface area contributed by atoms with E-state index in [0.29, 0.717) is 5.56 Å². The maximum absolute atomic E-state index is 14.9. The molecule has 0 saturated carbocycles. The SMILES string of the molecule is CC(C(=S)c1ccccc1)C1CC(=O)N1C(C(=O)OCc1ccc([N+](=O)[O-])cc1)[P+](c1ccccc1)(c1ccccc1)c1ccccc1. The van der Waals surface area contributed by atoms with Crippen LogP contribution in [0.1, 0.15) is 24.5 Å². The minimum atomic E-state index is -3.00. The molecule has 5 aromatic carbocycles. The van der Waals surface area contributed by atoms with E-state index in [1.165, 1.54) is 12.1 Å². The molecule has 3 unspecified atom stereocenters. The highest BCUT2D eigenvalue weighted by molar-refractivity contribution is 7.96. The van der Waals surface area contributed by atoms with Crippen molar-refractivity contribution >= 4 is 57.8 Å². The van der Waals surface area contributed by atoms with Gasteiger partial charge in [0.05, 0.1) is 11.0 Å². The summed E-state index contributed by atoms with van der Waals surface area (Å²) >= 11 is 5.99. The molecule has 1 aliphatic rings. The van der Waals surface area contributed by atoms with Crippen molar-refractivity contribution in [3.63, 3.8) is 0 Å². The Morgan fingerprint density at radius 2 is 1.27 bits per heavy atom. The summed E-state index contributed by atoms with van der Waals surface area (Å²) in [5, 5.41) is 14.0. The van der Waals surface area contributed by atoms with E-state index in [4.69, 9.17) is 17.0 Å². The average Bonchev–Trinajstić information content (AvgIpc) is 3.14. The van der Waals surface area contributed by atoms with Crippen LogP contribution < -0.4 is 15.9 Å². The standard InChI is InChI=1S/C39H34N2O5PS/c1-28(37(48)30-14-6-2-7-15-30)35-26-36(42)40(35)38(39(43)46-27-29-22-24-31(25-23-29)41(44)45)47(32-16-8-3-9-17-32,33-18-10-4-11-19-33)34-20-12-5-13-21-34/h2-25,28,35,38H,26-27H2,1H3/q+1. The van der Waals surface area contributed by atoms with E-state index in [-0.39, 0.29) is 36.6 Å². The average molecular weight is 674 g/mol. The lowest BCUT2D eigenvalue weighted by Crippen LogP contribution is -2.65. The van der Waals surface area contributed by atoms with Gasteiger partial charge in [-0.3, -0.25) is 19.8 Å². The fourth-order valence-electron chi connectivity index (χ4n) is 6.49. The molecule has 1 heterocycles. The van der Waals surface area contributed by atoms with Gasteiger partial charge in [-0.15, -0.1) is 0 Å². The van der Waals surface area contributed by atoms with Crippen LogP contribution in [0.2, 0.25) is 0 Å². The highest BCUT2D eigenvalue weighted by atomic mass is 32.1. The molecule has 7 nitrogen and oxygen atoms in total. The Bertz CT molecular complexity index is 1810.